The highest BCUT2D eigenvalue weighted by Gasteiger charge is 2.16. The van der Waals surface area contributed by atoms with Crippen LogP contribution in [0.15, 0.2) is 24.3 Å². The summed E-state index contributed by atoms with van der Waals surface area (Å²) in [4.78, 5) is 0. The first-order chi connectivity index (χ1) is 7.91. The van der Waals surface area contributed by atoms with Crippen molar-refractivity contribution in [2.24, 2.45) is 17.6 Å². The van der Waals surface area contributed by atoms with Crippen molar-refractivity contribution in [1.82, 2.24) is 0 Å². The van der Waals surface area contributed by atoms with Crippen molar-refractivity contribution in [3.8, 4) is 0 Å². The van der Waals surface area contributed by atoms with Gasteiger partial charge < -0.3 is 5.73 Å². The Morgan fingerprint density at radius 1 is 0.941 bits per heavy atom. The van der Waals surface area contributed by atoms with Gasteiger partial charge in [-0.2, -0.15) is 0 Å². The van der Waals surface area contributed by atoms with E-state index in [0.717, 1.165) is 6.42 Å². The molecule has 2 unspecified atom stereocenters. The van der Waals surface area contributed by atoms with E-state index in [4.69, 9.17) is 5.73 Å². The average Bonchev–Trinajstić information content (AvgIpc) is 2.28. The maximum Gasteiger partial charge on any atom is 0.0108 e. The zero-order valence-corrected chi connectivity index (χ0v) is 11.9. The van der Waals surface area contributed by atoms with E-state index in [1.54, 1.807) is 0 Å². The third kappa shape index (κ3) is 4.16. The summed E-state index contributed by atoms with van der Waals surface area (Å²) < 4.78 is 0. The van der Waals surface area contributed by atoms with E-state index < -0.39 is 0 Å². The van der Waals surface area contributed by atoms with Crippen LogP contribution in [0.5, 0.6) is 0 Å². The molecule has 1 heteroatoms. The molecule has 0 saturated carbocycles. The molecule has 2 N–H and O–H groups in total. The van der Waals surface area contributed by atoms with Gasteiger partial charge in [0, 0.05) is 6.04 Å². The van der Waals surface area contributed by atoms with E-state index in [1.165, 1.54) is 11.1 Å². The lowest BCUT2D eigenvalue weighted by Gasteiger charge is -2.23. The minimum Gasteiger partial charge on any atom is -0.327 e. The Morgan fingerprint density at radius 2 is 1.47 bits per heavy atom. The fraction of sp³-hybridized carbons (Fsp3) is 0.625. The molecule has 96 valence electrons. The Balaban J connectivity index is 2.63. The monoisotopic (exact) mass is 233 g/mol. The fourth-order valence-corrected chi connectivity index (χ4v) is 1.99. The Morgan fingerprint density at radius 3 is 1.88 bits per heavy atom. The number of benzene rings is 1. The topological polar surface area (TPSA) is 26.0 Å². The number of rotatable bonds is 5. The molecule has 0 aliphatic heterocycles. The van der Waals surface area contributed by atoms with Crippen LogP contribution in [0.25, 0.3) is 0 Å². The lowest BCUT2D eigenvalue weighted by Crippen LogP contribution is -2.33. The van der Waals surface area contributed by atoms with Crippen LogP contribution in [0.4, 0.5) is 0 Å². The highest BCUT2D eigenvalue weighted by atomic mass is 14.6. The van der Waals surface area contributed by atoms with Crippen LogP contribution in [0.1, 0.15) is 51.7 Å². The zero-order chi connectivity index (χ0) is 13.0. The molecule has 17 heavy (non-hydrogen) atoms. The SMILES string of the molecule is CC(C)c1ccc(CC(N)C(C)C(C)C)cc1. The van der Waals surface area contributed by atoms with Crippen molar-refractivity contribution in [3.63, 3.8) is 0 Å². The molecule has 0 heterocycles. The van der Waals surface area contributed by atoms with Crippen molar-refractivity contribution in [3.05, 3.63) is 35.4 Å². The summed E-state index contributed by atoms with van der Waals surface area (Å²) in [6, 6.07) is 9.17. The Labute approximate surface area is 106 Å². The van der Waals surface area contributed by atoms with Gasteiger partial charge in [0.2, 0.25) is 0 Å². The fourth-order valence-electron chi connectivity index (χ4n) is 1.99. The van der Waals surface area contributed by atoms with Crippen molar-refractivity contribution < 1.29 is 0 Å². The highest BCUT2D eigenvalue weighted by molar-refractivity contribution is 5.25. The molecule has 1 nitrogen and oxygen atoms in total. The van der Waals surface area contributed by atoms with E-state index >= 15 is 0 Å². The molecule has 0 aliphatic rings. The maximum absolute atomic E-state index is 6.25. The van der Waals surface area contributed by atoms with Crippen molar-refractivity contribution >= 4 is 0 Å². The van der Waals surface area contributed by atoms with Gasteiger partial charge in [0.05, 0.1) is 0 Å². The summed E-state index contributed by atoms with van der Waals surface area (Å²) in [7, 11) is 0. The summed E-state index contributed by atoms with van der Waals surface area (Å²) in [5, 5.41) is 0. The second-order valence-corrected chi connectivity index (χ2v) is 5.87. The van der Waals surface area contributed by atoms with Gasteiger partial charge in [-0.05, 0) is 35.3 Å². The van der Waals surface area contributed by atoms with E-state index in [9.17, 15) is 0 Å². The predicted octanol–water partition coefficient (Wildman–Crippen LogP) is 3.97. The van der Waals surface area contributed by atoms with Gasteiger partial charge in [0.15, 0.2) is 0 Å². The summed E-state index contributed by atoms with van der Waals surface area (Å²) in [6.07, 6.45) is 0.984. The molecule has 0 fully saturated rings. The van der Waals surface area contributed by atoms with E-state index in [-0.39, 0.29) is 6.04 Å². The number of hydrogen-bond acceptors (Lipinski definition) is 1. The van der Waals surface area contributed by atoms with Gasteiger partial charge in [0.1, 0.15) is 0 Å². The average molecular weight is 233 g/mol. The van der Waals surface area contributed by atoms with Crippen LogP contribution in [-0.4, -0.2) is 6.04 Å². The molecular weight excluding hydrogens is 206 g/mol. The Hall–Kier alpha value is -0.820. The van der Waals surface area contributed by atoms with Crippen LogP contribution in [0, 0.1) is 11.8 Å². The highest BCUT2D eigenvalue weighted by Crippen LogP contribution is 2.19. The maximum atomic E-state index is 6.25. The summed E-state index contributed by atoms with van der Waals surface area (Å²) in [5.74, 6) is 1.83. The molecule has 1 aromatic rings. The molecule has 0 spiro atoms. The van der Waals surface area contributed by atoms with Gasteiger partial charge in [-0.3, -0.25) is 0 Å². The largest absolute Gasteiger partial charge is 0.327 e. The predicted molar refractivity (Wildman–Crippen MR) is 76.2 cm³/mol. The molecule has 1 aromatic carbocycles. The third-order valence-electron chi connectivity index (χ3n) is 3.84. The van der Waals surface area contributed by atoms with E-state index in [1.807, 2.05) is 0 Å². The first-order valence-corrected chi connectivity index (χ1v) is 6.76. The molecular formula is C16H27N. The van der Waals surface area contributed by atoms with Crippen molar-refractivity contribution in [2.45, 2.75) is 53.0 Å². The van der Waals surface area contributed by atoms with Gasteiger partial charge in [-0.1, -0.05) is 58.9 Å². The molecule has 0 radical (unpaired) electrons. The van der Waals surface area contributed by atoms with Crippen molar-refractivity contribution in [1.29, 1.82) is 0 Å². The Bertz CT molecular complexity index is 324. The van der Waals surface area contributed by atoms with Crippen LogP contribution < -0.4 is 5.73 Å². The molecule has 1 rings (SSSR count). The summed E-state index contributed by atoms with van der Waals surface area (Å²) in [6.45, 7) is 11.2. The molecule has 0 aromatic heterocycles. The normalized spacial score (nSPS) is 15.3. The van der Waals surface area contributed by atoms with Crippen LogP contribution >= 0.6 is 0 Å². The number of nitrogens with two attached hydrogens (primary N) is 1. The van der Waals surface area contributed by atoms with Gasteiger partial charge in [0.25, 0.3) is 0 Å². The van der Waals surface area contributed by atoms with Crippen LogP contribution in [0.3, 0.4) is 0 Å². The van der Waals surface area contributed by atoms with Gasteiger partial charge in [-0.15, -0.1) is 0 Å². The molecule has 0 aliphatic carbocycles. The zero-order valence-electron chi connectivity index (χ0n) is 11.9. The Kier molecular flexibility index (Phi) is 5.20. The van der Waals surface area contributed by atoms with Crippen LogP contribution in [-0.2, 0) is 6.42 Å². The summed E-state index contributed by atoms with van der Waals surface area (Å²) >= 11 is 0. The van der Waals surface area contributed by atoms with Gasteiger partial charge >= 0.3 is 0 Å². The van der Waals surface area contributed by atoms with Crippen molar-refractivity contribution in [2.75, 3.05) is 0 Å². The first kappa shape index (κ1) is 14.2. The lowest BCUT2D eigenvalue weighted by molar-refractivity contribution is 0.344. The molecule has 0 saturated heterocycles. The smallest absolute Gasteiger partial charge is 0.0108 e. The second kappa shape index (κ2) is 6.20. The molecule has 0 amide bonds. The number of hydrogen-bond donors (Lipinski definition) is 1. The second-order valence-electron chi connectivity index (χ2n) is 5.87. The standard InChI is InChI=1S/C16H27N/c1-11(2)13(5)16(17)10-14-6-8-15(9-7-14)12(3)4/h6-9,11-13,16H,10,17H2,1-5H3. The quantitative estimate of drug-likeness (QED) is 0.818. The minimum absolute atomic E-state index is 0.264. The molecule has 0 bridgehead atoms. The summed E-state index contributed by atoms with van der Waals surface area (Å²) in [5.41, 5.74) is 9.01. The van der Waals surface area contributed by atoms with Gasteiger partial charge in [-0.25, -0.2) is 0 Å². The van der Waals surface area contributed by atoms with E-state index in [2.05, 4.69) is 58.9 Å². The molecule has 2 atom stereocenters. The minimum atomic E-state index is 0.264. The first-order valence-electron chi connectivity index (χ1n) is 6.76. The third-order valence-corrected chi connectivity index (χ3v) is 3.84. The lowest BCUT2D eigenvalue weighted by atomic mass is 9.87. The van der Waals surface area contributed by atoms with Crippen LogP contribution in [0.2, 0.25) is 0 Å². The van der Waals surface area contributed by atoms with E-state index in [0.29, 0.717) is 17.8 Å².